The smallest absolute Gasteiger partial charge is 0.271 e. The number of phenolic OH excluding ortho intramolecular Hbond substituents is 1. The average molecular weight is 446 g/mol. The molecule has 1 heterocycles. The Morgan fingerprint density at radius 2 is 1.88 bits per heavy atom. The van der Waals surface area contributed by atoms with Gasteiger partial charge in [-0.1, -0.05) is 41.9 Å². The van der Waals surface area contributed by atoms with Gasteiger partial charge in [-0.2, -0.15) is 0 Å². The summed E-state index contributed by atoms with van der Waals surface area (Å²) in [6, 6.07) is 17.2. The Hall–Kier alpha value is -4.10. The van der Waals surface area contributed by atoms with Crippen LogP contribution in [0.3, 0.4) is 0 Å². The molecule has 0 atom stereocenters. The number of nitrogens with one attached hydrogen (secondary N) is 2. The lowest BCUT2D eigenvalue weighted by Crippen LogP contribution is -2.13. The Bertz CT molecular complexity index is 1590. The molecule has 158 valence electrons. The van der Waals surface area contributed by atoms with E-state index in [4.69, 9.17) is 11.6 Å². The summed E-state index contributed by atoms with van der Waals surface area (Å²) in [5.74, 6) is -0.709. The summed E-state index contributed by atoms with van der Waals surface area (Å²) in [5, 5.41) is 28.2. The number of halogens is 1. The Morgan fingerprint density at radius 3 is 2.62 bits per heavy atom. The number of amides is 1. The minimum Gasteiger partial charge on any atom is -0.507 e. The number of nitro groups is 1. The number of aromatic amines is 1. The zero-order valence-electron chi connectivity index (χ0n) is 16.8. The minimum absolute atomic E-state index is 0.0318. The molecule has 0 unspecified atom stereocenters. The Morgan fingerprint density at radius 1 is 1.09 bits per heavy atom. The molecule has 1 amide bonds. The van der Waals surface area contributed by atoms with Crippen molar-refractivity contribution in [3.05, 3.63) is 86.9 Å². The standard InChI is InChI=1S/C24H16ClN3O4/c1-12-21-13(6-8-16-15-4-2-3-5-19(15)26-22(16)21)10-17(23(12)29)24(30)27-20-9-7-14(28(31)32)11-18(20)25/h2-11,26,29H,1H3,(H,27,30). The number of para-hydroxylation sites is 1. The van der Waals surface area contributed by atoms with Crippen molar-refractivity contribution >= 4 is 61.5 Å². The first-order valence-corrected chi connectivity index (χ1v) is 10.1. The highest BCUT2D eigenvalue weighted by Crippen LogP contribution is 2.38. The maximum absolute atomic E-state index is 12.9. The van der Waals surface area contributed by atoms with Gasteiger partial charge >= 0.3 is 0 Å². The number of fused-ring (bicyclic) bond motifs is 5. The van der Waals surface area contributed by atoms with Crippen LogP contribution in [0.15, 0.2) is 60.7 Å². The first-order chi connectivity index (χ1) is 15.3. The second-order valence-electron chi connectivity index (χ2n) is 7.53. The molecule has 5 rings (SSSR count). The van der Waals surface area contributed by atoms with E-state index in [1.165, 1.54) is 12.1 Å². The van der Waals surface area contributed by atoms with Crippen molar-refractivity contribution in [1.29, 1.82) is 0 Å². The molecule has 8 heteroatoms. The first kappa shape index (κ1) is 19.8. The van der Waals surface area contributed by atoms with Crippen LogP contribution < -0.4 is 5.32 Å². The molecule has 0 aliphatic rings. The fourth-order valence-electron chi connectivity index (χ4n) is 4.08. The van der Waals surface area contributed by atoms with E-state index in [0.717, 1.165) is 38.6 Å². The minimum atomic E-state index is -0.569. The molecule has 0 spiro atoms. The first-order valence-electron chi connectivity index (χ1n) is 9.76. The van der Waals surface area contributed by atoms with E-state index in [9.17, 15) is 20.0 Å². The van der Waals surface area contributed by atoms with Gasteiger partial charge in [0.1, 0.15) is 5.75 Å². The van der Waals surface area contributed by atoms with Crippen LogP contribution in [0.25, 0.3) is 32.6 Å². The Kier molecular flexibility index (Phi) is 4.49. The number of aromatic hydroxyl groups is 1. The zero-order valence-corrected chi connectivity index (χ0v) is 17.5. The summed E-state index contributed by atoms with van der Waals surface area (Å²) in [6.45, 7) is 1.76. The van der Waals surface area contributed by atoms with Gasteiger partial charge in [0.05, 0.1) is 26.7 Å². The number of nitro benzene ring substituents is 1. The molecule has 1 aromatic heterocycles. The number of carbonyl (C=O) groups excluding carboxylic acids is 1. The highest BCUT2D eigenvalue weighted by Gasteiger charge is 2.20. The van der Waals surface area contributed by atoms with Gasteiger partial charge in [-0.05, 0) is 30.5 Å². The zero-order chi connectivity index (χ0) is 22.6. The molecule has 0 saturated carbocycles. The van der Waals surface area contributed by atoms with Crippen molar-refractivity contribution in [2.24, 2.45) is 0 Å². The normalized spacial score (nSPS) is 11.3. The number of hydrogen-bond acceptors (Lipinski definition) is 4. The van der Waals surface area contributed by atoms with Crippen LogP contribution >= 0.6 is 11.6 Å². The Labute approximate surface area is 186 Å². The molecule has 0 aliphatic heterocycles. The number of rotatable bonds is 3. The van der Waals surface area contributed by atoms with Gasteiger partial charge in [-0.15, -0.1) is 0 Å². The number of anilines is 1. The highest BCUT2D eigenvalue weighted by atomic mass is 35.5. The number of nitrogens with zero attached hydrogens (tertiary/aromatic N) is 1. The molecule has 0 radical (unpaired) electrons. The monoisotopic (exact) mass is 445 g/mol. The second kappa shape index (κ2) is 7.25. The van der Waals surface area contributed by atoms with Gasteiger partial charge in [0.2, 0.25) is 0 Å². The van der Waals surface area contributed by atoms with Crippen molar-refractivity contribution < 1.29 is 14.8 Å². The van der Waals surface area contributed by atoms with Crippen molar-refractivity contribution in [2.75, 3.05) is 5.32 Å². The predicted molar refractivity (Wildman–Crippen MR) is 126 cm³/mol. The SMILES string of the molecule is Cc1c(O)c(C(=O)Nc2ccc([N+](=O)[O-])cc2Cl)cc2ccc3c4ccccc4[nH]c3c12. The molecule has 7 nitrogen and oxygen atoms in total. The molecule has 4 aromatic carbocycles. The quantitative estimate of drug-likeness (QED) is 0.223. The van der Waals surface area contributed by atoms with Crippen LogP contribution in [0.5, 0.6) is 5.75 Å². The summed E-state index contributed by atoms with van der Waals surface area (Å²) in [6.07, 6.45) is 0. The largest absolute Gasteiger partial charge is 0.507 e. The predicted octanol–water partition coefficient (Wildman–Crippen LogP) is 6.30. The van der Waals surface area contributed by atoms with E-state index in [1.807, 2.05) is 36.4 Å². The lowest BCUT2D eigenvalue weighted by molar-refractivity contribution is -0.384. The van der Waals surface area contributed by atoms with Crippen molar-refractivity contribution in [1.82, 2.24) is 4.98 Å². The van der Waals surface area contributed by atoms with Crippen LogP contribution in [0, 0.1) is 17.0 Å². The summed E-state index contributed by atoms with van der Waals surface area (Å²) in [5.41, 5.74) is 2.56. The molecule has 0 bridgehead atoms. The number of non-ortho nitro benzene ring substituents is 1. The maximum Gasteiger partial charge on any atom is 0.271 e. The van der Waals surface area contributed by atoms with Crippen LogP contribution in [0.4, 0.5) is 11.4 Å². The van der Waals surface area contributed by atoms with E-state index in [-0.39, 0.29) is 27.7 Å². The molecular formula is C24H16ClN3O4. The van der Waals surface area contributed by atoms with E-state index in [2.05, 4.69) is 10.3 Å². The number of H-pyrrole nitrogens is 1. The van der Waals surface area contributed by atoms with E-state index in [0.29, 0.717) is 5.56 Å². The molecular weight excluding hydrogens is 430 g/mol. The van der Waals surface area contributed by atoms with Gasteiger partial charge in [-0.3, -0.25) is 14.9 Å². The fraction of sp³-hybridized carbons (Fsp3) is 0.0417. The maximum atomic E-state index is 12.9. The van der Waals surface area contributed by atoms with Gasteiger partial charge in [0, 0.05) is 39.4 Å². The third-order valence-corrected chi connectivity index (χ3v) is 5.97. The lowest BCUT2D eigenvalue weighted by Gasteiger charge is -2.13. The van der Waals surface area contributed by atoms with Gasteiger partial charge < -0.3 is 15.4 Å². The van der Waals surface area contributed by atoms with Gasteiger partial charge in [0.25, 0.3) is 11.6 Å². The van der Waals surface area contributed by atoms with Crippen LogP contribution in [0.1, 0.15) is 15.9 Å². The summed E-state index contributed by atoms with van der Waals surface area (Å²) >= 11 is 6.09. The van der Waals surface area contributed by atoms with Crippen molar-refractivity contribution in [2.45, 2.75) is 6.92 Å². The van der Waals surface area contributed by atoms with Crippen LogP contribution in [-0.2, 0) is 0 Å². The number of aromatic nitrogens is 1. The Balaban J connectivity index is 1.61. The number of carbonyl (C=O) groups is 1. The summed E-state index contributed by atoms with van der Waals surface area (Å²) in [7, 11) is 0. The number of hydrogen-bond donors (Lipinski definition) is 3. The molecule has 32 heavy (non-hydrogen) atoms. The molecule has 3 N–H and O–H groups in total. The number of aryl methyl sites for hydroxylation is 1. The summed E-state index contributed by atoms with van der Waals surface area (Å²) in [4.78, 5) is 26.7. The van der Waals surface area contributed by atoms with Crippen LogP contribution in [0.2, 0.25) is 5.02 Å². The van der Waals surface area contributed by atoms with E-state index >= 15 is 0 Å². The van der Waals surface area contributed by atoms with Crippen molar-refractivity contribution in [3.8, 4) is 5.75 Å². The van der Waals surface area contributed by atoms with Crippen LogP contribution in [-0.4, -0.2) is 20.9 Å². The van der Waals surface area contributed by atoms with E-state index < -0.39 is 10.8 Å². The fourth-order valence-corrected chi connectivity index (χ4v) is 4.31. The number of benzene rings is 4. The highest BCUT2D eigenvalue weighted by molar-refractivity contribution is 6.34. The average Bonchev–Trinajstić information content (AvgIpc) is 3.15. The molecule has 0 saturated heterocycles. The van der Waals surface area contributed by atoms with Gasteiger partial charge in [0.15, 0.2) is 0 Å². The summed E-state index contributed by atoms with van der Waals surface area (Å²) < 4.78 is 0. The molecule has 0 aliphatic carbocycles. The second-order valence-corrected chi connectivity index (χ2v) is 7.94. The third kappa shape index (κ3) is 3.02. The molecule has 5 aromatic rings. The third-order valence-electron chi connectivity index (χ3n) is 5.66. The topological polar surface area (TPSA) is 108 Å². The van der Waals surface area contributed by atoms with Crippen molar-refractivity contribution in [3.63, 3.8) is 0 Å². The molecule has 0 fully saturated rings. The lowest BCUT2D eigenvalue weighted by atomic mass is 9.97. The van der Waals surface area contributed by atoms with E-state index in [1.54, 1.807) is 13.0 Å². The number of phenols is 1. The van der Waals surface area contributed by atoms with Gasteiger partial charge in [-0.25, -0.2) is 0 Å².